The molecule has 0 radical (unpaired) electrons. The molecule has 2 nitrogen and oxygen atoms in total. The van der Waals surface area contributed by atoms with E-state index in [1.54, 1.807) is 16.2 Å². The summed E-state index contributed by atoms with van der Waals surface area (Å²) in [4.78, 5) is 16.9. The molecule has 0 bridgehead atoms. The van der Waals surface area contributed by atoms with Crippen LogP contribution in [0.5, 0.6) is 0 Å². The molecule has 1 aliphatic heterocycles. The highest BCUT2D eigenvalue weighted by Gasteiger charge is 2.31. The van der Waals surface area contributed by atoms with Crippen LogP contribution in [0.2, 0.25) is 0 Å². The predicted molar refractivity (Wildman–Crippen MR) is 79.2 cm³/mol. The number of rotatable bonds is 3. The standard InChI is InChI=1S/C12H13NOS3/c1-3-6-13-11(14)10(17-12(13)15)7-9-5-4-8(2)16-9/h4-5,7H,3,6H2,1-2H3/b10-7-. The highest BCUT2D eigenvalue weighted by atomic mass is 32.2. The minimum absolute atomic E-state index is 0.0490. The number of nitrogens with zero attached hydrogens (tertiary/aromatic N) is 1. The summed E-state index contributed by atoms with van der Waals surface area (Å²) in [6, 6.07) is 4.09. The van der Waals surface area contributed by atoms with E-state index in [1.807, 2.05) is 19.1 Å². The molecule has 1 aliphatic rings. The van der Waals surface area contributed by atoms with Gasteiger partial charge in [-0.2, -0.15) is 0 Å². The molecule has 0 saturated carbocycles. The Morgan fingerprint density at radius 1 is 1.47 bits per heavy atom. The Hall–Kier alpha value is -0.650. The summed E-state index contributed by atoms with van der Waals surface area (Å²) in [5, 5.41) is 0. The molecule has 2 rings (SSSR count). The van der Waals surface area contributed by atoms with Crippen LogP contribution in [0.3, 0.4) is 0 Å². The monoisotopic (exact) mass is 283 g/mol. The molecule has 0 aromatic carbocycles. The molecule has 0 atom stereocenters. The zero-order chi connectivity index (χ0) is 12.4. The lowest BCUT2D eigenvalue weighted by Crippen LogP contribution is -2.28. The number of hydrogen-bond donors (Lipinski definition) is 0. The average Bonchev–Trinajstić information content (AvgIpc) is 2.79. The first-order valence-electron chi connectivity index (χ1n) is 5.43. The van der Waals surface area contributed by atoms with Crippen molar-refractivity contribution >= 4 is 51.6 Å². The van der Waals surface area contributed by atoms with Gasteiger partial charge in [0.2, 0.25) is 0 Å². The zero-order valence-corrected chi connectivity index (χ0v) is 12.2. The highest BCUT2D eigenvalue weighted by Crippen LogP contribution is 2.33. The van der Waals surface area contributed by atoms with Crippen LogP contribution in [0.1, 0.15) is 23.1 Å². The molecular formula is C12H13NOS3. The van der Waals surface area contributed by atoms with Crippen LogP contribution in [0.25, 0.3) is 6.08 Å². The fraction of sp³-hybridized carbons (Fsp3) is 0.333. The maximum Gasteiger partial charge on any atom is 0.266 e. The van der Waals surface area contributed by atoms with E-state index in [9.17, 15) is 4.79 Å². The lowest BCUT2D eigenvalue weighted by Gasteiger charge is -2.11. The van der Waals surface area contributed by atoms with Crippen LogP contribution < -0.4 is 0 Å². The lowest BCUT2D eigenvalue weighted by atomic mass is 10.3. The highest BCUT2D eigenvalue weighted by molar-refractivity contribution is 8.26. The summed E-state index contributed by atoms with van der Waals surface area (Å²) in [7, 11) is 0. The van der Waals surface area contributed by atoms with E-state index in [2.05, 4.69) is 13.0 Å². The van der Waals surface area contributed by atoms with Gasteiger partial charge in [-0.05, 0) is 31.6 Å². The number of aryl methyl sites for hydroxylation is 1. The van der Waals surface area contributed by atoms with Gasteiger partial charge in [0.05, 0.1) is 4.91 Å². The predicted octanol–water partition coefficient (Wildman–Crippen LogP) is 3.67. The van der Waals surface area contributed by atoms with Crippen molar-refractivity contribution < 1.29 is 4.79 Å². The Balaban J connectivity index is 2.21. The Labute approximate surface area is 115 Å². The van der Waals surface area contributed by atoms with Gasteiger partial charge < -0.3 is 0 Å². The Kier molecular flexibility index (Phi) is 4.01. The minimum Gasteiger partial charge on any atom is -0.293 e. The van der Waals surface area contributed by atoms with E-state index in [1.165, 1.54) is 16.6 Å². The molecule has 2 heterocycles. The van der Waals surface area contributed by atoms with Gasteiger partial charge in [0.1, 0.15) is 4.32 Å². The molecule has 1 fully saturated rings. The second kappa shape index (κ2) is 5.33. The number of carbonyl (C=O) groups is 1. The van der Waals surface area contributed by atoms with Gasteiger partial charge in [-0.25, -0.2) is 0 Å². The quantitative estimate of drug-likeness (QED) is 0.623. The molecule has 0 spiro atoms. The lowest BCUT2D eigenvalue weighted by molar-refractivity contribution is -0.122. The summed E-state index contributed by atoms with van der Waals surface area (Å²) < 4.78 is 0.677. The second-order valence-corrected chi connectivity index (χ2v) is 6.78. The number of carbonyl (C=O) groups excluding carboxylic acids is 1. The van der Waals surface area contributed by atoms with Gasteiger partial charge in [-0.3, -0.25) is 9.69 Å². The van der Waals surface area contributed by atoms with Crippen LogP contribution in [0, 0.1) is 6.92 Å². The summed E-state index contributed by atoms with van der Waals surface area (Å²) in [5.41, 5.74) is 0. The van der Waals surface area contributed by atoms with Gasteiger partial charge >= 0.3 is 0 Å². The first kappa shape index (κ1) is 12.8. The first-order valence-corrected chi connectivity index (χ1v) is 7.47. The zero-order valence-electron chi connectivity index (χ0n) is 9.73. The average molecular weight is 283 g/mol. The summed E-state index contributed by atoms with van der Waals surface area (Å²) >= 11 is 8.30. The van der Waals surface area contributed by atoms with Crippen LogP contribution in [-0.2, 0) is 4.79 Å². The Morgan fingerprint density at radius 3 is 2.82 bits per heavy atom. The van der Waals surface area contributed by atoms with Crippen molar-refractivity contribution in [3.05, 3.63) is 26.8 Å². The van der Waals surface area contributed by atoms with Crippen molar-refractivity contribution in [2.45, 2.75) is 20.3 Å². The molecule has 17 heavy (non-hydrogen) atoms. The van der Waals surface area contributed by atoms with E-state index in [0.717, 1.165) is 16.2 Å². The van der Waals surface area contributed by atoms with Crippen LogP contribution in [0.15, 0.2) is 17.0 Å². The third kappa shape index (κ3) is 2.78. The third-order valence-corrected chi connectivity index (χ3v) is 4.68. The van der Waals surface area contributed by atoms with Crippen molar-refractivity contribution in [2.75, 3.05) is 6.54 Å². The molecule has 1 saturated heterocycles. The Bertz CT molecular complexity index is 490. The maximum absolute atomic E-state index is 12.1. The fourth-order valence-corrected chi connectivity index (χ4v) is 3.77. The van der Waals surface area contributed by atoms with Gasteiger partial charge in [0.15, 0.2) is 0 Å². The Morgan fingerprint density at radius 2 is 2.24 bits per heavy atom. The number of hydrogen-bond acceptors (Lipinski definition) is 4. The molecule has 1 amide bonds. The van der Waals surface area contributed by atoms with E-state index in [-0.39, 0.29) is 5.91 Å². The van der Waals surface area contributed by atoms with Gasteiger partial charge in [0, 0.05) is 16.3 Å². The van der Waals surface area contributed by atoms with Gasteiger partial charge in [-0.15, -0.1) is 11.3 Å². The van der Waals surface area contributed by atoms with E-state index < -0.39 is 0 Å². The van der Waals surface area contributed by atoms with Crippen LogP contribution in [0.4, 0.5) is 0 Å². The third-order valence-electron chi connectivity index (χ3n) is 2.36. The minimum atomic E-state index is 0.0490. The molecule has 1 aromatic heterocycles. The van der Waals surface area contributed by atoms with Gasteiger partial charge in [-0.1, -0.05) is 30.9 Å². The maximum atomic E-state index is 12.1. The largest absolute Gasteiger partial charge is 0.293 e. The molecule has 1 aromatic rings. The summed E-state index contributed by atoms with van der Waals surface area (Å²) in [6.45, 7) is 4.82. The molecule has 0 aliphatic carbocycles. The molecule has 0 unspecified atom stereocenters. The SMILES string of the molecule is CCCN1C(=O)/C(=C/c2ccc(C)s2)SC1=S. The number of thioether (sulfide) groups is 1. The molecule has 90 valence electrons. The fourth-order valence-electron chi connectivity index (χ4n) is 1.58. The number of thiocarbonyl (C=S) groups is 1. The van der Waals surface area contributed by atoms with E-state index >= 15 is 0 Å². The topological polar surface area (TPSA) is 20.3 Å². The summed E-state index contributed by atoms with van der Waals surface area (Å²) in [5.74, 6) is 0.0490. The van der Waals surface area contributed by atoms with Crippen molar-refractivity contribution in [2.24, 2.45) is 0 Å². The molecule has 0 N–H and O–H groups in total. The first-order chi connectivity index (χ1) is 8.11. The molecule has 5 heteroatoms. The second-order valence-electron chi connectivity index (χ2n) is 3.78. The normalized spacial score (nSPS) is 18.5. The van der Waals surface area contributed by atoms with Crippen molar-refractivity contribution in [1.29, 1.82) is 0 Å². The summed E-state index contributed by atoms with van der Waals surface area (Å²) in [6.07, 6.45) is 2.87. The van der Waals surface area contributed by atoms with Crippen molar-refractivity contribution in [3.8, 4) is 0 Å². The van der Waals surface area contributed by atoms with Crippen LogP contribution in [-0.4, -0.2) is 21.7 Å². The van der Waals surface area contributed by atoms with Crippen molar-refractivity contribution in [3.63, 3.8) is 0 Å². The number of thiophene rings is 1. The molecular weight excluding hydrogens is 270 g/mol. The van der Waals surface area contributed by atoms with E-state index in [0.29, 0.717) is 10.9 Å². The van der Waals surface area contributed by atoms with E-state index in [4.69, 9.17) is 12.2 Å². The van der Waals surface area contributed by atoms with Crippen LogP contribution >= 0.6 is 35.3 Å². The van der Waals surface area contributed by atoms with Gasteiger partial charge in [0.25, 0.3) is 5.91 Å². The number of amides is 1. The van der Waals surface area contributed by atoms with Crippen molar-refractivity contribution in [1.82, 2.24) is 4.90 Å². The smallest absolute Gasteiger partial charge is 0.266 e.